The molecule has 0 spiro atoms. The maximum Gasteiger partial charge on any atom is 0.169 e. The summed E-state index contributed by atoms with van der Waals surface area (Å²) in [7, 11) is 1.69. The number of ether oxygens (including phenoxy) is 2. The van der Waals surface area contributed by atoms with E-state index >= 15 is 0 Å². The maximum absolute atomic E-state index is 5.63. The van der Waals surface area contributed by atoms with Crippen LogP contribution in [0.3, 0.4) is 0 Å². The molecule has 0 radical (unpaired) electrons. The Morgan fingerprint density at radius 2 is 2.00 bits per heavy atom. The molecule has 1 N–H and O–H groups in total. The molecule has 0 aromatic heterocycles. The molecule has 2 aliphatic heterocycles. The first-order valence-electron chi connectivity index (χ1n) is 8.29. The number of methoxy groups -OCH3 is 1. The van der Waals surface area contributed by atoms with Gasteiger partial charge in [0.25, 0.3) is 0 Å². The zero-order valence-electron chi connectivity index (χ0n) is 13.7. The summed E-state index contributed by atoms with van der Waals surface area (Å²) in [6, 6.07) is 8.25. The summed E-state index contributed by atoms with van der Waals surface area (Å²) in [5.74, 6) is 0.895. The molecule has 23 heavy (non-hydrogen) atoms. The third kappa shape index (κ3) is 4.26. The zero-order valence-corrected chi connectivity index (χ0v) is 14.5. The van der Waals surface area contributed by atoms with Crippen molar-refractivity contribution in [1.82, 2.24) is 10.2 Å². The van der Waals surface area contributed by atoms with Crippen LogP contribution in [-0.4, -0.2) is 62.6 Å². The summed E-state index contributed by atoms with van der Waals surface area (Å²) < 4.78 is 10.8. The normalized spacial score (nSPS) is 21.3. The highest BCUT2D eigenvalue weighted by Gasteiger charge is 2.21. The van der Waals surface area contributed by atoms with Crippen molar-refractivity contribution >= 4 is 23.0 Å². The molecule has 2 heterocycles. The van der Waals surface area contributed by atoms with Crippen LogP contribution in [0, 0.1) is 0 Å². The summed E-state index contributed by atoms with van der Waals surface area (Å²) in [5, 5.41) is 4.22. The second-order valence-electron chi connectivity index (χ2n) is 5.99. The molecule has 0 unspecified atom stereocenters. The van der Waals surface area contributed by atoms with Gasteiger partial charge in [-0.2, -0.15) is 0 Å². The van der Waals surface area contributed by atoms with Crippen molar-refractivity contribution in [2.24, 2.45) is 0 Å². The first-order valence-corrected chi connectivity index (χ1v) is 8.70. The third-order valence-corrected chi connectivity index (χ3v) is 4.91. The van der Waals surface area contributed by atoms with Crippen molar-refractivity contribution in [2.75, 3.05) is 51.3 Å². The highest BCUT2D eigenvalue weighted by atomic mass is 32.1. The fraction of sp³-hybridized carbons (Fsp3) is 0.588. The Balaban J connectivity index is 1.44. The largest absolute Gasteiger partial charge is 0.497 e. The molecule has 6 heteroatoms. The number of piperazine rings is 1. The summed E-state index contributed by atoms with van der Waals surface area (Å²) in [4.78, 5) is 4.64. The molecule has 5 nitrogen and oxygen atoms in total. The van der Waals surface area contributed by atoms with Gasteiger partial charge in [-0.3, -0.25) is 0 Å². The summed E-state index contributed by atoms with van der Waals surface area (Å²) in [6.45, 7) is 5.58. The Morgan fingerprint density at radius 3 is 2.61 bits per heavy atom. The van der Waals surface area contributed by atoms with Crippen LogP contribution in [-0.2, 0) is 4.74 Å². The second-order valence-corrected chi connectivity index (χ2v) is 6.38. The van der Waals surface area contributed by atoms with E-state index in [1.54, 1.807) is 7.11 Å². The molecule has 2 saturated heterocycles. The minimum absolute atomic E-state index is 0.327. The summed E-state index contributed by atoms with van der Waals surface area (Å²) in [6.07, 6.45) is 2.63. The Morgan fingerprint density at radius 1 is 1.26 bits per heavy atom. The summed E-state index contributed by atoms with van der Waals surface area (Å²) in [5.41, 5.74) is 1.24. The Hall–Kier alpha value is -1.53. The zero-order chi connectivity index (χ0) is 16.1. The maximum atomic E-state index is 5.63. The highest BCUT2D eigenvalue weighted by molar-refractivity contribution is 7.80. The van der Waals surface area contributed by atoms with Crippen molar-refractivity contribution in [3.8, 4) is 5.75 Å². The monoisotopic (exact) mass is 335 g/mol. The number of hydrogen-bond acceptors (Lipinski definition) is 4. The fourth-order valence-electron chi connectivity index (χ4n) is 3.08. The predicted octanol–water partition coefficient (Wildman–Crippen LogP) is 1.87. The van der Waals surface area contributed by atoms with Gasteiger partial charge in [-0.05, 0) is 49.3 Å². The van der Waals surface area contributed by atoms with Gasteiger partial charge in [0.1, 0.15) is 5.75 Å². The first kappa shape index (κ1) is 16.3. The van der Waals surface area contributed by atoms with Crippen molar-refractivity contribution in [3.05, 3.63) is 24.3 Å². The molecule has 0 aliphatic carbocycles. The van der Waals surface area contributed by atoms with Gasteiger partial charge < -0.3 is 24.6 Å². The van der Waals surface area contributed by atoms with Crippen LogP contribution in [0.2, 0.25) is 0 Å². The van der Waals surface area contributed by atoms with Crippen LogP contribution in [0.25, 0.3) is 0 Å². The smallest absolute Gasteiger partial charge is 0.169 e. The van der Waals surface area contributed by atoms with E-state index in [2.05, 4.69) is 27.2 Å². The van der Waals surface area contributed by atoms with Crippen LogP contribution in [0.5, 0.6) is 5.75 Å². The minimum atomic E-state index is 0.327. The lowest BCUT2D eigenvalue weighted by Gasteiger charge is -2.37. The van der Waals surface area contributed by atoms with E-state index < -0.39 is 0 Å². The highest BCUT2D eigenvalue weighted by Crippen LogP contribution is 2.20. The molecule has 3 rings (SSSR count). The number of nitrogens with zero attached hydrogens (tertiary/aromatic N) is 2. The molecule has 1 aromatic rings. The quantitative estimate of drug-likeness (QED) is 0.847. The van der Waals surface area contributed by atoms with Crippen molar-refractivity contribution in [1.29, 1.82) is 0 Å². The predicted molar refractivity (Wildman–Crippen MR) is 96.4 cm³/mol. The first-order chi connectivity index (χ1) is 11.3. The lowest BCUT2D eigenvalue weighted by Crippen LogP contribution is -2.52. The van der Waals surface area contributed by atoms with E-state index in [9.17, 15) is 0 Å². The minimum Gasteiger partial charge on any atom is -0.497 e. The van der Waals surface area contributed by atoms with E-state index in [1.165, 1.54) is 12.1 Å². The SMILES string of the molecule is COc1ccc(N2CCN(C(=S)NC[C@H]3CCCO3)CC2)cc1. The number of benzene rings is 1. The molecule has 2 fully saturated rings. The Labute approximate surface area is 143 Å². The average Bonchev–Trinajstić information content (AvgIpc) is 3.13. The summed E-state index contributed by atoms with van der Waals surface area (Å²) >= 11 is 5.52. The van der Waals surface area contributed by atoms with Crippen molar-refractivity contribution in [3.63, 3.8) is 0 Å². The number of thiocarbonyl (C=S) groups is 1. The van der Waals surface area contributed by atoms with Crippen LogP contribution < -0.4 is 15.0 Å². The van der Waals surface area contributed by atoms with Gasteiger partial charge in [-0.25, -0.2) is 0 Å². The average molecular weight is 335 g/mol. The molecular formula is C17H25N3O2S. The molecule has 1 aromatic carbocycles. The van der Waals surface area contributed by atoms with E-state index in [4.69, 9.17) is 21.7 Å². The molecule has 126 valence electrons. The molecule has 0 saturated carbocycles. The van der Waals surface area contributed by atoms with Crippen molar-refractivity contribution < 1.29 is 9.47 Å². The molecule has 2 aliphatic rings. The lowest BCUT2D eigenvalue weighted by molar-refractivity contribution is 0.113. The number of rotatable bonds is 4. The van der Waals surface area contributed by atoms with Gasteiger partial charge in [-0.1, -0.05) is 0 Å². The molecule has 0 amide bonds. The van der Waals surface area contributed by atoms with Gasteiger partial charge in [0.15, 0.2) is 5.11 Å². The van der Waals surface area contributed by atoms with Gasteiger partial charge in [0, 0.05) is 45.0 Å². The van der Waals surface area contributed by atoms with Gasteiger partial charge in [0.2, 0.25) is 0 Å². The molecule has 1 atom stereocenters. The standard InChI is InChI=1S/C17H25N3O2S/c1-21-15-6-4-14(5-7-15)19-8-10-20(11-9-19)17(23)18-13-16-3-2-12-22-16/h4-7,16H,2-3,8-13H2,1H3,(H,18,23)/t16-/m1/s1. The Kier molecular flexibility index (Phi) is 5.56. The van der Waals surface area contributed by atoms with Crippen LogP contribution in [0.4, 0.5) is 5.69 Å². The molecular weight excluding hydrogens is 310 g/mol. The van der Waals surface area contributed by atoms with E-state index in [1.807, 2.05) is 12.1 Å². The number of nitrogens with one attached hydrogen (secondary N) is 1. The van der Waals surface area contributed by atoms with Crippen LogP contribution in [0.15, 0.2) is 24.3 Å². The van der Waals surface area contributed by atoms with Gasteiger partial charge >= 0.3 is 0 Å². The number of anilines is 1. The molecule has 0 bridgehead atoms. The fourth-order valence-corrected chi connectivity index (χ4v) is 3.34. The topological polar surface area (TPSA) is 37.0 Å². The second kappa shape index (κ2) is 7.84. The lowest BCUT2D eigenvalue weighted by atomic mass is 10.2. The van der Waals surface area contributed by atoms with Gasteiger partial charge in [-0.15, -0.1) is 0 Å². The number of hydrogen-bond donors (Lipinski definition) is 1. The van der Waals surface area contributed by atoms with Gasteiger partial charge in [0.05, 0.1) is 13.2 Å². The van der Waals surface area contributed by atoms with E-state index in [0.717, 1.165) is 56.6 Å². The van der Waals surface area contributed by atoms with Crippen LogP contribution in [0.1, 0.15) is 12.8 Å². The third-order valence-electron chi connectivity index (χ3n) is 4.51. The van der Waals surface area contributed by atoms with Crippen LogP contribution >= 0.6 is 12.2 Å². The van der Waals surface area contributed by atoms with E-state index in [-0.39, 0.29) is 0 Å². The van der Waals surface area contributed by atoms with E-state index in [0.29, 0.717) is 6.10 Å². The Bertz CT molecular complexity index is 509. The van der Waals surface area contributed by atoms with Crippen molar-refractivity contribution in [2.45, 2.75) is 18.9 Å².